The lowest BCUT2D eigenvalue weighted by Crippen LogP contribution is -2.47. The molecule has 0 aliphatic carbocycles. The van der Waals surface area contributed by atoms with E-state index in [0.29, 0.717) is 5.56 Å². The Hall–Kier alpha value is -1.20. The highest BCUT2D eigenvalue weighted by atomic mass is 32.2. The molecule has 0 fully saturated rings. The van der Waals surface area contributed by atoms with Crippen LogP contribution in [0.25, 0.3) is 0 Å². The summed E-state index contributed by atoms with van der Waals surface area (Å²) in [6.07, 6.45) is 0. The summed E-state index contributed by atoms with van der Waals surface area (Å²) in [4.78, 5) is 12.2. The van der Waals surface area contributed by atoms with Crippen molar-refractivity contribution in [1.82, 2.24) is 4.31 Å². The molecule has 0 saturated carbocycles. The molecule has 0 amide bonds. The maximum Gasteiger partial charge on any atom is 0.226 e. The van der Waals surface area contributed by atoms with Gasteiger partial charge in [0.2, 0.25) is 10.0 Å². The minimum Gasteiger partial charge on any atom is -0.292 e. The predicted molar refractivity (Wildman–Crippen MR) is 67.5 cm³/mol. The summed E-state index contributed by atoms with van der Waals surface area (Å²) in [5.41, 5.74) is 0.405. The van der Waals surface area contributed by atoms with Gasteiger partial charge in [-0.2, -0.15) is 0 Å². The monoisotopic (exact) mass is 255 g/mol. The summed E-state index contributed by atoms with van der Waals surface area (Å²) in [7, 11) is -0.788. The first-order valence-electron chi connectivity index (χ1n) is 5.23. The van der Waals surface area contributed by atoms with Crippen LogP contribution in [-0.2, 0) is 10.0 Å². The molecule has 0 spiro atoms. The highest BCUT2D eigenvalue weighted by molar-refractivity contribution is 7.91. The van der Waals surface area contributed by atoms with Crippen LogP contribution in [0.15, 0.2) is 30.3 Å². The van der Waals surface area contributed by atoms with Crippen LogP contribution in [-0.4, -0.2) is 37.3 Å². The van der Waals surface area contributed by atoms with Crippen LogP contribution >= 0.6 is 0 Å². The molecular weight excluding hydrogens is 238 g/mol. The van der Waals surface area contributed by atoms with Crippen molar-refractivity contribution in [2.24, 2.45) is 0 Å². The van der Waals surface area contributed by atoms with Crippen molar-refractivity contribution in [1.29, 1.82) is 0 Å². The minimum absolute atomic E-state index is 0.396. The number of Topliss-reactive ketones (excluding diaryl/α,β-unsaturated/α-hetero) is 1. The van der Waals surface area contributed by atoms with E-state index in [1.807, 2.05) is 0 Å². The molecule has 0 N–H and O–H groups in total. The third kappa shape index (κ3) is 2.40. The maximum atomic E-state index is 12.2. The zero-order valence-electron chi connectivity index (χ0n) is 10.5. The lowest BCUT2D eigenvalue weighted by atomic mass is 10.0. The number of benzene rings is 1. The van der Waals surface area contributed by atoms with Crippen molar-refractivity contribution in [2.75, 3.05) is 14.1 Å². The van der Waals surface area contributed by atoms with Crippen LogP contribution in [0.3, 0.4) is 0 Å². The fourth-order valence-electron chi connectivity index (χ4n) is 1.51. The number of nitrogens with zero attached hydrogens (tertiary/aromatic N) is 1. The molecule has 0 radical (unpaired) electrons. The van der Waals surface area contributed by atoms with Gasteiger partial charge in [-0.3, -0.25) is 4.79 Å². The number of sulfonamides is 1. The third-order valence-electron chi connectivity index (χ3n) is 2.71. The second kappa shape index (κ2) is 4.58. The zero-order valence-corrected chi connectivity index (χ0v) is 11.3. The molecule has 1 aromatic carbocycles. The number of hydrogen-bond donors (Lipinski definition) is 0. The fourth-order valence-corrected chi connectivity index (χ4v) is 2.78. The third-order valence-corrected chi connectivity index (χ3v) is 5.14. The molecule has 0 aromatic heterocycles. The molecular formula is C12H17NO3S. The van der Waals surface area contributed by atoms with Gasteiger partial charge in [-0.05, 0) is 13.8 Å². The van der Waals surface area contributed by atoms with E-state index in [2.05, 4.69) is 0 Å². The molecule has 5 heteroatoms. The summed E-state index contributed by atoms with van der Waals surface area (Å²) < 4.78 is 23.8. The maximum absolute atomic E-state index is 12.2. The largest absolute Gasteiger partial charge is 0.292 e. The predicted octanol–water partition coefficient (Wildman–Crippen LogP) is 1.54. The van der Waals surface area contributed by atoms with Crippen molar-refractivity contribution >= 4 is 15.8 Å². The molecule has 0 atom stereocenters. The van der Waals surface area contributed by atoms with Gasteiger partial charge in [0.1, 0.15) is 4.75 Å². The molecule has 0 aliphatic rings. The van der Waals surface area contributed by atoms with Gasteiger partial charge >= 0.3 is 0 Å². The molecule has 0 heterocycles. The molecule has 1 rings (SSSR count). The molecule has 0 aliphatic heterocycles. The molecule has 0 unspecified atom stereocenters. The Kier molecular flexibility index (Phi) is 3.74. The second-order valence-electron chi connectivity index (χ2n) is 4.49. The average molecular weight is 255 g/mol. The van der Waals surface area contributed by atoms with Crippen molar-refractivity contribution in [3.05, 3.63) is 35.9 Å². The Morgan fingerprint density at radius 3 is 2.00 bits per heavy atom. The Morgan fingerprint density at radius 1 is 1.12 bits per heavy atom. The number of ketones is 1. The SMILES string of the molecule is CN(C)S(=O)(=O)C(C)(C)C(=O)c1ccccc1. The first kappa shape index (κ1) is 13.9. The van der Waals surface area contributed by atoms with Crippen molar-refractivity contribution in [3.8, 4) is 0 Å². The van der Waals surface area contributed by atoms with Gasteiger partial charge in [-0.25, -0.2) is 12.7 Å². The van der Waals surface area contributed by atoms with Crippen LogP contribution in [0.4, 0.5) is 0 Å². The Bertz CT molecular complexity index is 504. The normalized spacial score (nSPS) is 12.8. The highest BCUT2D eigenvalue weighted by Gasteiger charge is 2.43. The van der Waals surface area contributed by atoms with E-state index in [4.69, 9.17) is 0 Å². The average Bonchev–Trinajstić information content (AvgIpc) is 2.28. The number of rotatable bonds is 4. The number of carbonyl (C=O) groups is 1. The molecule has 17 heavy (non-hydrogen) atoms. The lowest BCUT2D eigenvalue weighted by molar-refractivity contribution is 0.0951. The topological polar surface area (TPSA) is 54.5 Å². The van der Waals surface area contributed by atoms with Gasteiger partial charge in [0.05, 0.1) is 0 Å². The lowest BCUT2D eigenvalue weighted by Gasteiger charge is -2.26. The summed E-state index contributed by atoms with van der Waals surface area (Å²) in [5, 5.41) is 0. The van der Waals surface area contributed by atoms with Crippen LogP contribution in [0.5, 0.6) is 0 Å². The quantitative estimate of drug-likeness (QED) is 0.767. The molecule has 0 bridgehead atoms. The van der Waals surface area contributed by atoms with Crippen molar-refractivity contribution in [2.45, 2.75) is 18.6 Å². The van der Waals surface area contributed by atoms with Gasteiger partial charge in [0, 0.05) is 19.7 Å². The summed E-state index contributed by atoms with van der Waals surface area (Å²) >= 11 is 0. The summed E-state index contributed by atoms with van der Waals surface area (Å²) in [6.45, 7) is 2.86. The zero-order chi connectivity index (χ0) is 13.3. The van der Waals surface area contributed by atoms with Crippen LogP contribution in [0, 0.1) is 0 Å². The van der Waals surface area contributed by atoms with E-state index in [-0.39, 0.29) is 0 Å². The number of hydrogen-bond acceptors (Lipinski definition) is 3. The first-order valence-corrected chi connectivity index (χ1v) is 6.67. The Labute approximate surface area is 102 Å². The van der Waals surface area contributed by atoms with Crippen molar-refractivity contribution < 1.29 is 13.2 Å². The van der Waals surface area contributed by atoms with E-state index in [9.17, 15) is 13.2 Å². The molecule has 94 valence electrons. The van der Waals surface area contributed by atoms with Gasteiger partial charge in [-0.15, -0.1) is 0 Å². The first-order chi connectivity index (χ1) is 7.71. The minimum atomic E-state index is -3.64. The fraction of sp³-hybridized carbons (Fsp3) is 0.417. The van der Waals surface area contributed by atoms with E-state index in [0.717, 1.165) is 4.31 Å². The van der Waals surface area contributed by atoms with Crippen LogP contribution in [0.1, 0.15) is 24.2 Å². The van der Waals surface area contributed by atoms with Crippen molar-refractivity contribution in [3.63, 3.8) is 0 Å². The van der Waals surface area contributed by atoms with Gasteiger partial charge in [0.25, 0.3) is 0 Å². The van der Waals surface area contributed by atoms with E-state index >= 15 is 0 Å². The van der Waals surface area contributed by atoms with E-state index < -0.39 is 20.6 Å². The molecule has 4 nitrogen and oxygen atoms in total. The molecule has 1 aromatic rings. The smallest absolute Gasteiger partial charge is 0.226 e. The van der Waals surface area contributed by atoms with E-state index in [1.165, 1.54) is 27.9 Å². The van der Waals surface area contributed by atoms with Gasteiger partial charge in [0.15, 0.2) is 5.78 Å². The Morgan fingerprint density at radius 2 is 1.59 bits per heavy atom. The van der Waals surface area contributed by atoms with E-state index in [1.54, 1.807) is 30.3 Å². The van der Waals surface area contributed by atoms with Gasteiger partial charge in [-0.1, -0.05) is 30.3 Å². The number of carbonyl (C=O) groups excluding carboxylic acids is 1. The molecule has 0 saturated heterocycles. The second-order valence-corrected chi connectivity index (χ2v) is 7.19. The summed E-state index contributed by atoms with van der Waals surface area (Å²) in [6, 6.07) is 8.45. The van der Waals surface area contributed by atoms with Crippen LogP contribution in [0.2, 0.25) is 0 Å². The summed E-state index contributed by atoms with van der Waals surface area (Å²) in [5.74, 6) is -0.396. The van der Waals surface area contributed by atoms with Crippen LogP contribution < -0.4 is 0 Å². The Balaban J connectivity index is 3.21. The van der Waals surface area contributed by atoms with Gasteiger partial charge < -0.3 is 0 Å². The highest BCUT2D eigenvalue weighted by Crippen LogP contribution is 2.24. The standard InChI is InChI=1S/C12H17NO3S/c1-12(2,17(15,16)13(3)4)11(14)10-8-6-5-7-9-10/h5-9H,1-4H3.